The normalized spacial score (nSPS) is 10.4. The first-order valence-corrected chi connectivity index (χ1v) is 7.93. The first-order chi connectivity index (χ1) is 13.0. The molecule has 138 valence electrons. The fourth-order valence-electron chi connectivity index (χ4n) is 2.47. The van der Waals surface area contributed by atoms with Crippen molar-refractivity contribution in [1.82, 2.24) is 10.3 Å². The number of hydrogen-bond acceptors (Lipinski definition) is 6. The maximum absolute atomic E-state index is 12.2. The number of carbonyl (C=O) groups is 2. The van der Waals surface area contributed by atoms with E-state index >= 15 is 0 Å². The highest BCUT2D eigenvalue weighted by atomic mass is 16.5. The third-order valence-corrected chi connectivity index (χ3v) is 3.72. The Balaban J connectivity index is 2.06. The zero-order valence-electron chi connectivity index (χ0n) is 14.3. The van der Waals surface area contributed by atoms with Crippen LogP contribution in [0, 0.1) is 0 Å². The Kier molecular flexibility index (Phi) is 5.07. The average molecular weight is 368 g/mol. The molecule has 0 fully saturated rings. The summed E-state index contributed by atoms with van der Waals surface area (Å²) in [5, 5.41) is 22.1. The van der Waals surface area contributed by atoms with Gasteiger partial charge in [-0.2, -0.15) is 0 Å². The zero-order valence-corrected chi connectivity index (χ0v) is 14.3. The van der Waals surface area contributed by atoms with Crippen LogP contribution in [0.5, 0.6) is 23.1 Å². The molecule has 0 atom stereocenters. The molecule has 8 nitrogen and oxygen atoms in total. The second-order valence-corrected chi connectivity index (χ2v) is 5.52. The van der Waals surface area contributed by atoms with Crippen molar-refractivity contribution in [3.8, 4) is 23.1 Å². The Morgan fingerprint density at radius 1 is 1.07 bits per heavy atom. The maximum Gasteiger partial charge on any atom is 0.322 e. The van der Waals surface area contributed by atoms with E-state index in [1.54, 1.807) is 48.5 Å². The number of pyridine rings is 1. The molecule has 0 aliphatic carbocycles. The van der Waals surface area contributed by atoms with E-state index in [0.717, 1.165) is 0 Å². The lowest BCUT2D eigenvalue weighted by Crippen LogP contribution is -2.30. The molecule has 0 spiro atoms. The van der Waals surface area contributed by atoms with Crippen LogP contribution in [0.2, 0.25) is 0 Å². The molecule has 3 aromatic rings. The highest BCUT2D eigenvalue weighted by Gasteiger charge is 2.20. The summed E-state index contributed by atoms with van der Waals surface area (Å²) in [6.45, 7) is -0.598. The van der Waals surface area contributed by atoms with Gasteiger partial charge in [0.15, 0.2) is 11.4 Å². The smallest absolute Gasteiger partial charge is 0.322 e. The molecule has 8 heteroatoms. The van der Waals surface area contributed by atoms with Crippen molar-refractivity contribution in [1.29, 1.82) is 0 Å². The van der Waals surface area contributed by atoms with Crippen LogP contribution in [0.3, 0.4) is 0 Å². The summed E-state index contributed by atoms with van der Waals surface area (Å²) in [7, 11) is 1.53. The molecule has 27 heavy (non-hydrogen) atoms. The molecule has 1 amide bonds. The number of aromatic hydroxyl groups is 1. The monoisotopic (exact) mass is 368 g/mol. The van der Waals surface area contributed by atoms with E-state index in [-0.39, 0.29) is 17.3 Å². The molecule has 0 bridgehead atoms. The number of ether oxygens (including phenoxy) is 2. The minimum Gasteiger partial charge on any atom is -0.505 e. The van der Waals surface area contributed by atoms with Gasteiger partial charge in [0.2, 0.25) is 5.88 Å². The molecule has 0 unspecified atom stereocenters. The third-order valence-electron chi connectivity index (χ3n) is 3.72. The van der Waals surface area contributed by atoms with Crippen LogP contribution < -0.4 is 14.8 Å². The summed E-state index contributed by atoms with van der Waals surface area (Å²) in [6, 6.07) is 13.6. The van der Waals surface area contributed by atoms with Crippen LogP contribution in [-0.2, 0) is 4.79 Å². The van der Waals surface area contributed by atoms with Gasteiger partial charge in [0, 0.05) is 16.8 Å². The molecule has 3 N–H and O–H groups in total. The second-order valence-electron chi connectivity index (χ2n) is 5.52. The molecule has 1 aromatic heterocycles. The van der Waals surface area contributed by atoms with Gasteiger partial charge < -0.3 is 25.0 Å². The maximum atomic E-state index is 12.2. The lowest BCUT2D eigenvalue weighted by atomic mass is 10.1. The summed E-state index contributed by atoms with van der Waals surface area (Å²) >= 11 is 0. The van der Waals surface area contributed by atoms with E-state index in [1.807, 2.05) is 0 Å². The molecule has 0 saturated carbocycles. The number of aliphatic carboxylic acids is 1. The first kappa shape index (κ1) is 18.0. The number of methoxy groups -OCH3 is 1. The molecular weight excluding hydrogens is 352 g/mol. The predicted octanol–water partition coefficient (Wildman–Crippen LogP) is 2.56. The summed E-state index contributed by atoms with van der Waals surface area (Å²) in [5.74, 6) is -1.29. The molecule has 0 saturated heterocycles. The van der Waals surface area contributed by atoms with Crippen LogP contribution in [0.25, 0.3) is 10.8 Å². The molecule has 2 aromatic carbocycles. The number of benzene rings is 2. The van der Waals surface area contributed by atoms with Crippen molar-refractivity contribution >= 4 is 22.6 Å². The fraction of sp³-hybridized carbons (Fsp3) is 0.105. The average Bonchev–Trinajstić information content (AvgIpc) is 2.68. The molecule has 0 aliphatic rings. The third kappa shape index (κ3) is 3.90. The topological polar surface area (TPSA) is 118 Å². The number of fused-ring (bicyclic) bond motifs is 1. The molecule has 0 radical (unpaired) electrons. The Morgan fingerprint density at radius 2 is 1.78 bits per heavy atom. The van der Waals surface area contributed by atoms with E-state index in [9.17, 15) is 14.7 Å². The van der Waals surface area contributed by atoms with E-state index in [0.29, 0.717) is 22.3 Å². The van der Waals surface area contributed by atoms with Gasteiger partial charge >= 0.3 is 5.97 Å². The summed E-state index contributed by atoms with van der Waals surface area (Å²) in [5.41, 5.74) is -0.326. The number of carboxylic acid groups (broad SMARTS) is 1. The van der Waals surface area contributed by atoms with Crippen molar-refractivity contribution in [2.24, 2.45) is 0 Å². The number of carbonyl (C=O) groups excluding carboxylic acids is 1. The first-order valence-electron chi connectivity index (χ1n) is 7.93. The second kappa shape index (κ2) is 7.61. The van der Waals surface area contributed by atoms with Crippen LogP contribution in [0.1, 0.15) is 10.5 Å². The summed E-state index contributed by atoms with van der Waals surface area (Å²) in [6.07, 6.45) is 0. The van der Waals surface area contributed by atoms with Crippen molar-refractivity contribution in [3.63, 3.8) is 0 Å². The largest absolute Gasteiger partial charge is 0.505 e. The van der Waals surface area contributed by atoms with Crippen molar-refractivity contribution in [3.05, 3.63) is 54.2 Å². The highest BCUT2D eigenvalue weighted by Crippen LogP contribution is 2.36. The quantitative estimate of drug-likeness (QED) is 0.612. The summed E-state index contributed by atoms with van der Waals surface area (Å²) in [4.78, 5) is 27.0. The van der Waals surface area contributed by atoms with Crippen molar-refractivity contribution in [2.45, 2.75) is 0 Å². The van der Waals surface area contributed by atoms with Crippen molar-refractivity contribution in [2.75, 3.05) is 13.7 Å². The lowest BCUT2D eigenvalue weighted by molar-refractivity contribution is -0.135. The minimum absolute atomic E-state index is 0.0946. The Labute approximate surface area is 154 Å². The Bertz CT molecular complexity index is 1020. The van der Waals surface area contributed by atoms with Gasteiger partial charge in [0.1, 0.15) is 18.0 Å². The standard InChI is InChI=1S/C19H16N2O6/c1-26-11-5-4-6-12(9-11)27-19-14-8-3-2-7-13(14)17(24)16(21-19)18(25)20-10-15(22)23/h2-9,24H,10H2,1H3,(H,20,25)(H,22,23). The van der Waals surface area contributed by atoms with Gasteiger partial charge in [0.05, 0.1) is 7.11 Å². The number of amides is 1. The summed E-state index contributed by atoms with van der Waals surface area (Å²) < 4.78 is 11.0. The number of nitrogens with zero attached hydrogens (tertiary/aromatic N) is 1. The number of rotatable bonds is 6. The van der Waals surface area contributed by atoms with Gasteiger partial charge in [-0.1, -0.05) is 24.3 Å². The molecule has 0 aliphatic heterocycles. The number of carboxylic acids is 1. The van der Waals surface area contributed by atoms with E-state index < -0.39 is 18.4 Å². The van der Waals surface area contributed by atoms with Crippen LogP contribution in [0.4, 0.5) is 0 Å². The molecular formula is C19H16N2O6. The van der Waals surface area contributed by atoms with Gasteiger partial charge in [-0.05, 0) is 18.2 Å². The van der Waals surface area contributed by atoms with E-state index in [2.05, 4.69) is 10.3 Å². The fourth-order valence-corrected chi connectivity index (χ4v) is 2.47. The lowest BCUT2D eigenvalue weighted by Gasteiger charge is -2.13. The van der Waals surface area contributed by atoms with Gasteiger partial charge in [-0.25, -0.2) is 4.98 Å². The highest BCUT2D eigenvalue weighted by molar-refractivity contribution is 6.03. The zero-order chi connectivity index (χ0) is 19.4. The predicted molar refractivity (Wildman–Crippen MR) is 96.4 cm³/mol. The van der Waals surface area contributed by atoms with Crippen LogP contribution in [-0.4, -0.2) is 40.7 Å². The van der Waals surface area contributed by atoms with Crippen LogP contribution in [0.15, 0.2) is 48.5 Å². The Hall–Kier alpha value is -3.81. The minimum atomic E-state index is -1.21. The van der Waals surface area contributed by atoms with Crippen molar-refractivity contribution < 1.29 is 29.3 Å². The SMILES string of the molecule is COc1cccc(Oc2nc(C(=O)NCC(=O)O)c(O)c3ccccc23)c1. The number of nitrogens with one attached hydrogen (secondary N) is 1. The van der Waals surface area contributed by atoms with Crippen LogP contribution >= 0.6 is 0 Å². The van der Waals surface area contributed by atoms with E-state index in [1.165, 1.54) is 7.11 Å². The molecule has 1 heterocycles. The number of aromatic nitrogens is 1. The van der Waals surface area contributed by atoms with Gasteiger partial charge in [0.25, 0.3) is 5.91 Å². The van der Waals surface area contributed by atoms with Gasteiger partial charge in [-0.3, -0.25) is 9.59 Å². The van der Waals surface area contributed by atoms with E-state index in [4.69, 9.17) is 14.6 Å². The Morgan fingerprint density at radius 3 is 2.48 bits per heavy atom. The molecule has 3 rings (SSSR count). The number of hydrogen-bond donors (Lipinski definition) is 3. The van der Waals surface area contributed by atoms with Gasteiger partial charge in [-0.15, -0.1) is 0 Å².